The summed E-state index contributed by atoms with van der Waals surface area (Å²) >= 11 is 4.82. The van der Waals surface area contributed by atoms with Crippen LogP contribution in [-0.4, -0.2) is 17.9 Å². The van der Waals surface area contributed by atoms with Crippen molar-refractivity contribution in [2.45, 2.75) is 20.3 Å². The number of Topliss-reactive ketones (excluding diaryl/α,β-unsaturated/α-hetero) is 1. The predicted octanol–water partition coefficient (Wildman–Crippen LogP) is 1.58. The summed E-state index contributed by atoms with van der Waals surface area (Å²) in [6.45, 7) is 3.43. The van der Waals surface area contributed by atoms with Crippen molar-refractivity contribution < 1.29 is 9.53 Å². The molecule has 0 fully saturated rings. The molecule has 0 aromatic rings. The number of rotatable bonds is 3. The van der Waals surface area contributed by atoms with E-state index >= 15 is 0 Å². The Bertz CT molecular complexity index is 143. The Morgan fingerprint density at radius 1 is 1.70 bits per heavy atom. The van der Waals surface area contributed by atoms with E-state index < -0.39 is 0 Å². The second-order valence-corrected chi connectivity index (χ2v) is 2.73. The van der Waals surface area contributed by atoms with E-state index in [0.29, 0.717) is 11.5 Å². The molecule has 0 saturated heterocycles. The lowest BCUT2D eigenvalue weighted by molar-refractivity contribution is -0.117. The normalized spacial score (nSPS) is 12.3. The van der Waals surface area contributed by atoms with Crippen LogP contribution in [0.4, 0.5) is 0 Å². The highest BCUT2D eigenvalue weighted by atomic mass is 32.1. The Balaban J connectivity index is 3.72. The highest BCUT2D eigenvalue weighted by Gasteiger charge is 2.10. The number of methoxy groups -OCH3 is 1. The van der Waals surface area contributed by atoms with Crippen LogP contribution in [0.15, 0.2) is 0 Å². The molecule has 0 rings (SSSR count). The lowest BCUT2D eigenvalue weighted by Gasteiger charge is -2.08. The van der Waals surface area contributed by atoms with Crippen molar-refractivity contribution in [3.8, 4) is 0 Å². The number of hydrogen-bond acceptors (Lipinski definition) is 3. The molecule has 0 aromatic carbocycles. The predicted molar refractivity (Wildman–Crippen MR) is 44.1 cm³/mol. The van der Waals surface area contributed by atoms with Crippen LogP contribution in [0, 0.1) is 5.92 Å². The summed E-state index contributed by atoms with van der Waals surface area (Å²) in [6.07, 6.45) is 0.479. The standard InChI is InChI=1S/C7H12O2S/c1-5(4-6(2)8)7(10)9-3/h5H,4H2,1-3H3. The van der Waals surface area contributed by atoms with Gasteiger partial charge in [-0.2, -0.15) is 0 Å². The Labute approximate surface area is 66.6 Å². The summed E-state index contributed by atoms with van der Waals surface area (Å²) in [7, 11) is 1.53. The lowest BCUT2D eigenvalue weighted by Crippen LogP contribution is -2.13. The molecule has 0 spiro atoms. The maximum Gasteiger partial charge on any atom is 0.162 e. The number of thiocarbonyl (C=S) groups is 1. The molecule has 0 saturated carbocycles. The molecule has 1 atom stereocenters. The van der Waals surface area contributed by atoms with E-state index in [0.717, 1.165) is 0 Å². The Hall–Kier alpha value is -0.440. The van der Waals surface area contributed by atoms with Crippen LogP contribution >= 0.6 is 12.2 Å². The molecule has 0 aliphatic rings. The minimum Gasteiger partial charge on any atom is -0.490 e. The van der Waals surface area contributed by atoms with Crippen molar-refractivity contribution in [2.24, 2.45) is 5.92 Å². The molecule has 0 aliphatic carbocycles. The fourth-order valence-corrected chi connectivity index (χ4v) is 0.799. The average Bonchev–Trinajstić information content (AvgIpc) is 1.85. The minimum absolute atomic E-state index is 0.0671. The number of ketones is 1. The zero-order valence-corrected chi connectivity index (χ0v) is 7.33. The zero-order valence-electron chi connectivity index (χ0n) is 6.51. The zero-order chi connectivity index (χ0) is 8.15. The molecule has 0 N–H and O–H groups in total. The van der Waals surface area contributed by atoms with Gasteiger partial charge in [-0.1, -0.05) is 6.92 Å². The molecule has 0 aliphatic heterocycles. The quantitative estimate of drug-likeness (QED) is 0.586. The van der Waals surface area contributed by atoms with Gasteiger partial charge in [-0.05, 0) is 19.1 Å². The van der Waals surface area contributed by atoms with Gasteiger partial charge in [0.25, 0.3) is 0 Å². The van der Waals surface area contributed by atoms with E-state index in [1.807, 2.05) is 6.92 Å². The highest BCUT2D eigenvalue weighted by molar-refractivity contribution is 7.80. The molecule has 2 nitrogen and oxygen atoms in total. The van der Waals surface area contributed by atoms with Crippen LogP contribution in [0.5, 0.6) is 0 Å². The third-order valence-corrected chi connectivity index (χ3v) is 1.77. The van der Waals surface area contributed by atoms with Gasteiger partial charge in [-0.15, -0.1) is 0 Å². The van der Waals surface area contributed by atoms with Crippen LogP contribution in [-0.2, 0) is 9.53 Å². The molecule has 58 valence electrons. The van der Waals surface area contributed by atoms with Crippen molar-refractivity contribution in [2.75, 3.05) is 7.11 Å². The fraction of sp³-hybridized carbons (Fsp3) is 0.714. The van der Waals surface area contributed by atoms with Crippen molar-refractivity contribution in [1.29, 1.82) is 0 Å². The molecular weight excluding hydrogens is 148 g/mol. The van der Waals surface area contributed by atoms with Crippen molar-refractivity contribution in [1.82, 2.24) is 0 Å². The van der Waals surface area contributed by atoms with Crippen LogP contribution in [0.3, 0.4) is 0 Å². The Kier molecular flexibility index (Phi) is 4.19. The topological polar surface area (TPSA) is 26.3 Å². The number of carbonyl (C=O) groups is 1. The van der Waals surface area contributed by atoms with Gasteiger partial charge < -0.3 is 9.53 Å². The number of carbonyl (C=O) groups excluding carboxylic acids is 1. The number of hydrogen-bond donors (Lipinski definition) is 0. The van der Waals surface area contributed by atoms with Gasteiger partial charge in [-0.25, -0.2) is 0 Å². The van der Waals surface area contributed by atoms with Crippen LogP contribution in [0.25, 0.3) is 0 Å². The third-order valence-electron chi connectivity index (χ3n) is 1.20. The highest BCUT2D eigenvalue weighted by Crippen LogP contribution is 2.05. The van der Waals surface area contributed by atoms with Crippen molar-refractivity contribution in [3.63, 3.8) is 0 Å². The van der Waals surface area contributed by atoms with Gasteiger partial charge in [0, 0.05) is 12.3 Å². The summed E-state index contributed by atoms with van der Waals surface area (Å²) in [5, 5.41) is 0.509. The lowest BCUT2D eigenvalue weighted by atomic mass is 10.1. The maximum absolute atomic E-state index is 10.6. The van der Waals surface area contributed by atoms with E-state index in [1.54, 1.807) is 6.92 Å². The first-order valence-electron chi connectivity index (χ1n) is 3.15. The summed E-state index contributed by atoms with van der Waals surface area (Å²) in [4.78, 5) is 10.6. The van der Waals surface area contributed by atoms with Crippen LogP contribution in [0.1, 0.15) is 20.3 Å². The maximum atomic E-state index is 10.6. The smallest absolute Gasteiger partial charge is 0.162 e. The first-order chi connectivity index (χ1) is 4.57. The van der Waals surface area contributed by atoms with E-state index in [1.165, 1.54) is 7.11 Å². The van der Waals surface area contributed by atoms with Crippen LogP contribution in [0.2, 0.25) is 0 Å². The third kappa shape index (κ3) is 3.56. The average molecular weight is 160 g/mol. The fourth-order valence-electron chi connectivity index (χ4n) is 0.716. The largest absolute Gasteiger partial charge is 0.490 e. The SMILES string of the molecule is COC(=S)C(C)CC(C)=O. The molecule has 0 bridgehead atoms. The van der Waals surface area contributed by atoms with Gasteiger partial charge in [0.2, 0.25) is 0 Å². The first kappa shape index (κ1) is 9.56. The monoisotopic (exact) mass is 160 g/mol. The van der Waals surface area contributed by atoms with E-state index in [2.05, 4.69) is 0 Å². The molecule has 0 heterocycles. The van der Waals surface area contributed by atoms with Crippen molar-refractivity contribution >= 4 is 23.1 Å². The molecule has 0 radical (unpaired) electrons. The molecule has 0 aromatic heterocycles. The van der Waals surface area contributed by atoms with Crippen LogP contribution < -0.4 is 0 Å². The first-order valence-corrected chi connectivity index (χ1v) is 3.56. The molecule has 1 unspecified atom stereocenters. The molecule has 0 amide bonds. The van der Waals surface area contributed by atoms with Gasteiger partial charge in [0.1, 0.15) is 5.78 Å². The van der Waals surface area contributed by atoms with E-state index in [-0.39, 0.29) is 11.7 Å². The molecular formula is C7H12O2S. The van der Waals surface area contributed by atoms with Gasteiger partial charge in [0.05, 0.1) is 7.11 Å². The van der Waals surface area contributed by atoms with E-state index in [9.17, 15) is 4.79 Å². The second-order valence-electron chi connectivity index (χ2n) is 2.33. The minimum atomic E-state index is 0.0671. The Morgan fingerprint density at radius 3 is 2.50 bits per heavy atom. The van der Waals surface area contributed by atoms with Gasteiger partial charge >= 0.3 is 0 Å². The Morgan fingerprint density at radius 2 is 2.20 bits per heavy atom. The van der Waals surface area contributed by atoms with Gasteiger partial charge in [0.15, 0.2) is 5.05 Å². The summed E-state index contributed by atoms with van der Waals surface area (Å²) in [5.41, 5.74) is 0. The van der Waals surface area contributed by atoms with Crippen molar-refractivity contribution in [3.05, 3.63) is 0 Å². The number of ether oxygens (including phenoxy) is 1. The summed E-state index contributed by atoms with van der Waals surface area (Å²) in [6, 6.07) is 0. The summed E-state index contributed by atoms with van der Waals surface area (Å²) < 4.78 is 4.79. The van der Waals surface area contributed by atoms with Gasteiger partial charge in [-0.3, -0.25) is 0 Å². The van der Waals surface area contributed by atoms with E-state index in [4.69, 9.17) is 17.0 Å². The molecule has 3 heteroatoms. The summed E-state index contributed by atoms with van der Waals surface area (Å²) in [5.74, 6) is 0.212. The molecule has 10 heavy (non-hydrogen) atoms. The second kappa shape index (κ2) is 4.39.